The highest BCUT2D eigenvalue weighted by Gasteiger charge is 2.43. The SMILES string of the molecule is O=C1OC(O)c2cc(OC3CCC3)cc(C(F)(F)F)c21. The van der Waals surface area contributed by atoms with Crippen molar-refractivity contribution in [3.8, 4) is 5.75 Å². The summed E-state index contributed by atoms with van der Waals surface area (Å²) in [5.74, 6) is -1.17. The van der Waals surface area contributed by atoms with Gasteiger partial charge < -0.3 is 14.6 Å². The van der Waals surface area contributed by atoms with E-state index in [1.54, 1.807) is 0 Å². The van der Waals surface area contributed by atoms with Gasteiger partial charge in [0.2, 0.25) is 6.29 Å². The molecular formula is C13H11F3O4. The molecule has 0 amide bonds. The minimum absolute atomic E-state index is 0.00174. The van der Waals surface area contributed by atoms with Crippen LogP contribution in [-0.4, -0.2) is 17.2 Å². The number of hydrogen-bond acceptors (Lipinski definition) is 4. The van der Waals surface area contributed by atoms with Gasteiger partial charge in [-0.05, 0) is 31.4 Å². The van der Waals surface area contributed by atoms with E-state index in [1.165, 1.54) is 6.07 Å². The molecule has 4 nitrogen and oxygen atoms in total. The lowest BCUT2D eigenvalue weighted by molar-refractivity contribution is -0.138. The highest BCUT2D eigenvalue weighted by atomic mass is 19.4. The zero-order chi connectivity index (χ0) is 14.5. The maximum Gasteiger partial charge on any atom is 0.417 e. The third kappa shape index (κ3) is 2.11. The quantitative estimate of drug-likeness (QED) is 0.850. The second kappa shape index (κ2) is 4.37. The molecule has 0 radical (unpaired) electrons. The molecule has 1 N–H and O–H groups in total. The van der Waals surface area contributed by atoms with Crippen molar-refractivity contribution in [2.45, 2.75) is 37.8 Å². The van der Waals surface area contributed by atoms with E-state index >= 15 is 0 Å². The zero-order valence-electron chi connectivity index (χ0n) is 10.2. The summed E-state index contributed by atoms with van der Waals surface area (Å²) in [4.78, 5) is 11.4. The van der Waals surface area contributed by atoms with Gasteiger partial charge in [-0.25, -0.2) is 4.79 Å². The van der Waals surface area contributed by atoms with E-state index in [-0.39, 0.29) is 17.4 Å². The smallest absolute Gasteiger partial charge is 0.417 e. The Kier molecular flexibility index (Phi) is 2.89. The number of cyclic esters (lactones) is 1. The summed E-state index contributed by atoms with van der Waals surface area (Å²) >= 11 is 0. The van der Waals surface area contributed by atoms with Crippen molar-refractivity contribution in [2.24, 2.45) is 0 Å². The van der Waals surface area contributed by atoms with Gasteiger partial charge in [0, 0.05) is 5.56 Å². The summed E-state index contributed by atoms with van der Waals surface area (Å²) in [6.07, 6.45) is -3.95. The summed E-state index contributed by atoms with van der Waals surface area (Å²) < 4.78 is 48.9. The predicted octanol–water partition coefficient (Wildman–Crippen LogP) is 2.80. The maximum absolute atomic E-state index is 13.0. The molecule has 1 saturated carbocycles. The highest BCUT2D eigenvalue weighted by Crippen LogP contribution is 2.42. The molecular weight excluding hydrogens is 277 g/mol. The second-order valence-electron chi connectivity index (χ2n) is 4.86. The monoisotopic (exact) mass is 288 g/mol. The average Bonchev–Trinajstić information content (AvgIpc) is 2.58. The first kappa shape index (κ1) is 13.2. The number of alkyl halides is 3. The van der Waals surface area contributed by atoms with Crippen LogP contribution in [0.2, 0.25) is 0 Å². The van der Waals surface area contributed by atoms with Gasteiger partial charge in [0.1, 0.15) is 5.75 Å². The molecule has 1 aliphatic carbocycles. The van der Waals surface area contributed by atoms with Crippen molar-refractivity contribution in [3.05, 3.63) is 28.8 Å². The number of aliphatic hydroxyl groups is 1. The molecule has 0 aromatic heterocycles. The predicted molar refractivity (Wildman–Crippen MR) is 60.1 cm³/mol. The normalized spacial score (nSPS) is 22.2. The Morgan fingerprint density at radius 2 is 2.00 bits per heavy atom. The lowest BCUT2D eigenvalue weighted by atomic mass is 9.96. The zero-order valence-corrected chi connectivity index (χ0v) is 10.2. The molecule has 0 bridgehead atoms. The van der Waals surface area contributed by atoms with Crippen molar-refractivity contribution in [3.63, 3.8) is 0 Å². The average molecular weight is 288 g/mol. The summed E-state index contributed by atoms with van der Waals surface area (Å²) in [6.45, 7) is 0. The van der Waals surface area contributed by atoms with E-state index in [0.717, 1.165) is 25.3 Å². The summed E-state index contributed by atoms with van der Waals surface area (Å²) in [6, 6.07) is 2.02. The third-order valence-electron chi connectivity index (χ3n) is 3.49. The highest BCUT2D eigenvalue weighted by molar-refractivity contribution is 5.96. The number of esters is 1. The van der Waals surface area contributed by atoms with Gasteiger partial charge in [0.25, 0.3) is 0 Å². The number of hydrogen-bond donors (Lipinski definition) is 1. The summed E-state index contributed by atoms with van der Waals surface area (Å²) in [5.41, 5.74) is -1.96. The fourth-order valence-corrected chi connectivity index (χ4v) is 2.26. The van der Waals surface area contributed by atoms with Gasteiger partial charge in [-0.1, -0.05) is 0 Å². The summed E-state index contributed by atoms with van der Waals surface area (Å²) in [5, 5.41) is 9.51. The first-order valence-corrected chi connectivity index (χ1v) is 6.17. The van der Waals surface area contributed by atoms with Crippen LogP contribution in [0.3, 0.4) is 0 Å². The maximum atomic E-state index is 13.0. The van der Waals surface area contributed by atoms with Crippen LogP contribution < -0.4 is 4.74 Å². The van der Waals surface area contributed by atoms with Crippen molar-refractivity contribution < 1.29 is 32.5 Å². The largest absolute Gasteiger partial charge is 0.490 e. The van der Waals surface area contributed by atoms with Crippen LogP contribution in [0.5, 0.6) is 5.75 Å². The molecule has 2 aliphatic rings. The number of benzene rings is 1. The van der Waals surface area contributed by atoms with Crippen LogP contribution in [0.1, 0.15) is 47.0 Å². The van der Waals surface area contributed by atoms with Gasteiger partial charge in [-0.3, -0.25) is 0 Å². The molecule has 1 unspecified atom stereocenters. The molecule has 0 spiro atoms. The number of ether oxygens (including phenoxy) is 2. The Morgan fingerprint density at radius 3 is 2.55 bits per heavy atom. The molecule has 1 fully saturated rings. The van der Waals surface area contributed by atoms with Crippen molar-refractivity contribution in [1.29, 1.82) is 0 Å². The van der Waals surface area contributed by atoms with Crippen LogP contribution in [0.25, 0.3) is 0 Å². The van der Waals surface area contributed by atoms with E-state index in [1.807, 2.05) is 0 Å². The Hall–Kier alpha value is -1.76. The number of carbonyl (C=O) groups is 1. The molecule has 1 atom stereocenters. The van der Waals surface area contributed by atoms with E-state index in [4.69, 9.17) is 4.74 Å². The van der Waals surface area contributed by atoms with E-state index in [0.29, 0.717) is 0 Å². The van der Waals surface area contributed by atoms with Crippen LogP contribution in [-0.2, 0) is 10.9 Å². The molecule has 7 heteroatoms. The minimum atomic E-state index is -4.72. The molecule has 0 saturated heterocycles. The second-order valence-corrected chi connectivity index (χ2v) is 4.86. The summed E-state index contributed by atoms with van der Waals surface area (Å²) in [7, 11) is 0. The van der Waals surface area contributed by atoms with Crippen LogP contribution in [0, 0.1) is 0 Å². The first-order valence-electron chi connectivity index (χ1n) is 6.17. The minimum Gasteiger partial charge on any atom is -0.490 e. The Morgan fingerprint density at radius 1 is 1.30 bits per heavy atom. The van der Waals surface area contributed by atoms with Gasteiger partial charge in [0.05, 0.1) is 17.2 Å². The van der Waals surface area contributed by atoms with Crippen molar-refractivity contribution in [2.75, 3.05) is 0 Å². The fraction of sp³-hybridized carbons (Fsp3) is 0.462. The molecule has 1 aliphatic heterocycles. The third-order valence-corrected chi connectivity index (χ3v) is 3.49. The van der Waals surface area contributed by atoms with E-state index in [2.05, 4.69) is 4.74 Å². The van der Waals surface area contributed by atoms with Gasteiger partial charge in [0.15, 0.2) is 0 Å². The molecule has 1 aromatic carbocycles. The van der Waals surface area contributed by atoms with Gasteiger partial charge in [-0.15, -0.1) is 0 Å². The number of aliphatic hydroxyl groups excluding tert-OH is 1. The lowest BCUT2D eigenvalue weighted by Crippen LogP contribution is -2.25. The van der Waals surface area contributed by atoms with E-state index < -0.39 is 29.6 Å². The Labute approximate surface area is 112 Å². The van der Waals surface area contributed by atoms with Crippen LogP contribution >= 0.6 is 0 Å². The standard InChI is InChI=1S/C13H11F3O4/c14-13(15,16)9-5-7(19-6-2-1-3-6)4-8-10(9)12(18)20-11(8)17/h4-6,11,17H,1-3H2. The molecule has 3 rings (SSSR count). The number of rotatable bonds is 2. The van der Waals surface area contributed by atoms with Gasteiger partial charge in [-0.2, -0.15) is 13.2 Å². The Balaban J connectivity index is 2.06. The van der Waals surface area contributed by atoms with Crippen molar-refractivity contribution >= 4 is 5.97 Å². The molecule has 108 valence electrons. The molecule has 1 aromatic rings. The fourth-order valence-electron chi connectivity index (χ4n) is 2.26. The Bertz CT molecular complexity index is 563. The molecule has 1 heterocycles. The van der Waals surface area contributed by atoms with Gasteiger partial charge >= 0.3 is 12.1 Å². The van der Waals surface area contributed by atoms with Crippen LogP contribution in [0.4, 0.5) is 13.2 Å². The number of fused-ring (bicyclic) bond motifs is 1. The van der Waals surface area contributed by atoms with Crippen molar-refractivity contribution in [1.82, 2.24) is 0 Å². The molecule has 20 heavy (non-hydrogen) atoms. The first-order chi connectivity index (χ1) is 9.36. The van der Waals surface area contributed by atoms with E-state index in [9.17, 15) is 23.1 Å². The number of carbonyl (C=O) groups excluding carboxylic acids is 1. The number of halogens is 3. The topological polar surface area (TPSA) is 55.8 Å². The van der Waals surface area contributed by atoms with Crippen LogP contribution in [0.15, 0.2) is 12.1 Å². The lowest BCUT2D eigenvalue weighted by Gasteiger charge is -2.27.